The minimum atomic E-state index is -0.535. The molecule has 0 aliphatic carbocycles. The van der Waals surface area contributed by atoms with Crippen LogP contribution in [-0.4, -0.2) is 14.2 Å². The van der Waals surface area contributed by atoms with E-state index in [1.807, 2.05) is 6.07 Å². The molecule has 0 aromatic heterocycles. The van der Waals surface area contributed by atoms with Crippen molar-refractivity contribution in [2.45, 2.75) is 0 Å². The molecule has 0 fully saturated rings. The van der Waals surface area contributed by atoms with Gasteiger partial charge in [0.15, 0.2) is 28.8 Å². The molecule has 2 aromatic carbocycles. The van der Waals surface area contributed by atoms with E-state index in [0.29, 0.717) is 17.2 Å². The minimum absolute atomic E-state index is 0.0686. The number of para-hydroxylation sites is 2. The van der Waals surface area contributed by atoms with Crippen molar-refractivity contribution in [1.82, 2.24) is 0 Å². The normalized spacial score (nSPS) is 10.1. The summed E-state index contributed by atoms with van der Waals surface area (Å²) in [6, 6.07) is 9.66. The molecule has 0 spiro atoms. The van der Waals surface area contributed by atoms with Crippen LogP contribution < -0.4 is 19.9 Å². The van der Waals surface area contributed by atoms with E-state index in [9.17, 15) is 4.39 Å². The maximum absolute atomic E-state index is 13.4. The topological polar surface area (TPSA) is 53.7 Å². The first-order chi connectivity index (χ1) is 9.15. The van der Waals surface area contributed by atoms with E-state index in [4.69, 9.17) is 19.9 Å². The molecule has 0 radical (unpaired) electrons. The third-order valence-electron chi connectivity index (χ3n) is 2.57. The SMILES string of the molecule is COc1cc(Oc2ccccc2OC)c(N)cc1F. The Hall–Kier alpha value is -2.43. The lowest BCUT2D eigenvalue weighted by Crippen LogP contribution is -1.97. The molecule has 0 heterocycles. The standard InChI is InChI=1S/C14H14FNO3/c1-17-11-5-3-4-6-12(11)19-14-8-13(18-2)9(15)7-10(14)16/h3-8H,16H2,1-2H3. The first-order valence-electron chi connectivity index (χ1n) is 5.59. The summed E-state index contributed by atoms with van der Waals surface area (Å²) in [6.45, 7) is 0. The van der Waals surface area contributed by atoms with Crippen molar-refractivity contribution >= 4 is 5.69 Å². The second kappa shape index (κ2) is 5.48. The van der Waals surface area contributed by atoms with Gasteiger partial charge in [-0.25, -0.2) is 4.39 Å². The molecular weight excluding hydrogens is 249 g/mol. The average molecular weight is 263 g/mol. The van der Waals surface area contributed by atoms with Crippen molar-refractivity contribution in [3.8, 4) is 23.0 Å². The second-order valence-corrected chi connectivity index (χ2v) is 3.78. The van der Waals surface area contributed by atoms with Gasteiger partial charge in [0, 0.05) is 12.1 Å². The Balaban J connectivity index is 2.38. The third kappa shape index (κ3) is 2.70. The van der Waals surface area contributed by atoms with Crippen molar-refractivity contribution in [3.63, 3.8) is 0 Å². The van der Waals surface area contributed by atoms with Gasteiger partial charge in [0.25, 0.3) is 0 Å². The van der Waals surface area contributed by atoms with Gasteiger partial charge < -0.3 is 19.9 Å². The molecule has 0 aliphatic rings. The van der Waals surface area contributed by atoms with Gasteiger partial charge in [-0.05, 0) is 12.1 Å². The molecule has 0 saturated heterocycles. The Morgan fingerprint density at radius 3 is 2.16 bits per heavy atom. The van der Waals surface area contributed by atoms with E-state index < -0.39 is 5.82 Å². The highest BCUT2D eigenvalue weighted by atomic mass is 19.1. The highest BCUT2D eigenvalue weighted by Gasteiger charge is 2.12. The molecule has 2 rings (SSSR count). The van der Waals surface area contributed by atoms with E-state index >= 15 is 0 Å². The van der Waals surface area contributed by atoms with E-state index in [-0.39, 0.29) is 11.4 Å². The number of halogens is 1. The number of rotatable bonds is 4. The van der Waals surface area contributed by atoms with Crippen LogP contribution in [0.3, 0.4) is 0 Å². The number of methoxy groups -OCH3 is 2. The number of nitrogen functional groups attached to an aromatic ring is 1. The quantitative estimate of drug-likeness (QED) is 0.860. The smallest absolute Gasteiger partial charge is 0.169 e. The maximum Gasteiger partial charge on any atom is 0.169 e. The zero-order valence-electron chi connectivity index (χ0n) is 10.6. The minimum Gasteiger partial charge on any atom is -0.494 e. The highest BCUT2D eigenvalue weighted by molar-refractivity contribution is 5.58. The molecule has 0 saturated carbocycles. The predicted octanol–water partition coefficient (Wildman–Crippen LogP) is 3.22. The Bertz CT molecular complexity index is 587. The van der Waals surface area contributed by atoms with Crippen molar-refractivity contribution < 1.29 is 18.6 Å². The molecule has 0 bridgehead atoms. The number of ether oxygens (including phenoxy) is 3. The molecule has 100 valence electrons. The monoisotopic (exact) mass is 263 g/mol. The Morgan fingerprint density at radius 2 is 1.53 bits per heavy atom. The number of benzene rings is 2. The van der Waals surface area contributed by atoms with Crippen molar-refractivity contribution in [3.05, 3.63) is 42.2 Å². The van der Waals surface area contributed by atoms with Crippen molar-refractivity contribution in [2.24, 2.45) is 0 Å². The lowest BCUT2D eigenvalue weighted by Gasteiger charge is -2.13. The van der Waals surface area contributed by atoms with E-state index in [1.165, 1.54) is 20.3 Å². The van der Waals surface area contributed by atoms with Gasteiger partial charge in [-0.3, -0.25) is 0 Å². The molecule has 2 N–H and O–H groups in total. The van der Waals surface area contributed by atoms with Crippen LogP contribution in [0.2, 0.25) is 0 Å². The molecule has 19 heavy (non-hydrogen) atoms. The summed E-state index contributed by atoms with van der Waals surface area (Å²) in [5.41, 5.74) is 5.91. The third-order valence-corrected chi connectivity index (χ3v) is 2.57. The van der Waals surface area contributed by atoms with Gasteiger partial charge in [-0.15, -0.1) is 0 Å². The lowest BCUT2D eigenvalue weighted by molar-refractivity contribution is 0.370. The van der Waals surface area contributed by atoms with Crippen LogP contribution in [0.4, 0.5) is 10.1 Å². The number of hydrogen-bond acceptors (Lipinski definition) is 4. The van der Waals surface area contributed by atoms with Crippen LogP contribution in [0, 0.1) is 5.82 Å². The molecule has 5 heteroatoms. The fourth-order valence-corrected chi connectivity index (χ4v) is 1.62. The molecular formula is C14H14FNO3. The zero-order valence-corrected chi connectivity index (χ0v) is 10.6. The average Bonchev–Trinajstić information content (AvgIpc) is 2.42. The van der Waals surface area contributed by atoms with Gasteiger partial charge in [-0.2, -0.15) is 0 Å². The summed E-state index contributed by atoms with van der Waals surface area (Å²) in [5, 5.41) is 0. The first-order valence-corrected chi connectivity index (χ1v) is 5.59. The van der Waals surface area contributed by atoms with Gasteiger partial charge in [0.2, 0.25) is 0 Å². The van der Waals surface area contributed by atoms with Crippen molar-refractivity contribution in [1.29, 1.82) is 0 Å². The van der Waals surface area contributed by atoms with Gasteiger partial charge in [-0.1, -0.05) is 12.1 Å². The molecule has 0 amide bonds. The fraction of sp³-hybridized carbons (Fsp3) is 0.143. The zero-order chi connectivity index (χ0) is 13.8. The summed E-state index contributed by atoms with van der Waals surface area (Å²) < 4.78 is 29.1. The summed E-state index contributed by atoms with van der Waals surface area (Å²) in [5.74, 6) is 0.893. The van der Waals surface area contributed by atoms with E-state index in [1.54, 1.807) is 18.2 Å². The van der Waals surface area contributed by atoms with Crippen molar-refractivity contribution in [2.75, 3.05) is 20.0 Å². The molecule has 0 aliphatic heterocycles. The first kappa shape index (κ1) is 13.0. The molecule has 0 unspecified atom stereocenters. The summed E-state index contributed by atoms with van der Waals surface area (Å²) in [4.78, 5) is 0. The van der Waals surface area contributed by atoms with Crippen LogP contribution in [0.5, 0.6) is 23.0 Å². The van der Waals surface area contributed by atoms with E-state index in [2.05, 4.69) is 0 Å². The van der Waals surface area contributed by atoms with Crippen LogP contribution >= 0.6 is 0 Å². The summed E-state index contributed by atoms with van der Waals surface area (Å²) in [7, 11) is 2.91. The Morgan fingerprint density at radius 1 is 0.895 bits per heavy atom. The largest absolute Gasteiger partial charge is 0.494 e. The Kier molecular flexibility index (Phi) is 3.75. The number of hydrogen-bond donors (Lipinski definition) is 1. The molecule has 0 atom stereocenters. The van der Waals surface area contributed by atoms with Crippen LogP contribution in [0.1, 0.15) is 0 Å². The van der Waals surface area contributed by atoms with Gasteiger partial charge in [0.1, 0.15) is 0 Å². The van der Waals surface area contributed by atoms with Crippen LogP contribution in [0.25, 0.3) is 0 Å². The molecule has 2 aromatic rings. The number of nitrogens with two attached hydrogens (primary N) is 1. The van der Waals surface area contributed by atoms with Gasteiger partial charge >= 0.3 is 0 Å². The molecule has 4 nitrogen and oxygen atoms in total. The lowest BCUT2D eigenvalue weighted by atomic mass is 10.2. The van der Waals surface area contributed by atoms with Gasteiger partial charge in [0.05, 0.1) is 19.9 Å². The van der Waals surface area contributed by atoms with Crippen LogP contribution in [0.15, 0.2) is 36.4 Å². The maximum atomic E-state index is 13.4. The highest BCUT2D eigenvalue weighted by Crippen LogP contribution is 2.36. The predicted molar refractivity (Wildman–Crippen MR) is 70.4 cm³/mol. The second-order valence-electron chi connectivity index (χ2n) is 3.78. The van der Waals surface area contributed by atoms with Crippen LogP contribution in [-0.2, 0) is 0 Å². The summed E-state index contributed by atoms with van der Waals surface area (Å²) >= 11 is 0. The van der Waals surface area contributed by atoms with E-state index in [0.717, 1.165) is 6.07 Å². The summed E-state index contributed by atoms with van der Waals surface area (Å²) in [6.07, 6.45) is 0. The number of anilines is 1. The Labute approximate surface area is 110 Å². The fourth-order valence-electron chi connectivity index (χ4n) is 1.62.